The van der Waals surface area contributed by atoms with E-state index in [1.54, 1.807) is 7.11 Å². The third-order valence-electron chi connectivity index (χ3n) is 4.18. The molecule has 1 heterocycles. The predicted molar refractivity (Wildman–Crippen MR) is 87.5 cm³/mol. The minimum absolute atomic E-state index is 0.0119. The fourth-order valence-electron chi connectivity index (χ4n) is 2.99. The van der Waals surface area contributed by atoms with Crippen LogP contribution in [0.3, 0.4) is 0 Å². The molecule has 3 nitrogen and oxygen atoms in total. The molecule has 0 N–H and O–H groups in total. The van der Waals surface area contributed by atoms with E-state index in [0.717, 1.165) is 16.7 Å². The summed E-state index contributed by atoms with van der Waals surface area (Å²) in [6, 6.07) is 11.6. The Balaban J connectivity index is 1.95. The first-order valence-corrected chi connectivity index (χ1v) is 7.63. The number of methoxy groups -OCH3 is 1. The number of hydrogen-bond acceptors (Lipinski definition) is 2. The number of nitrogens with zero attached hydrogens (tertiary/aromatic N) is 1. The van der Waals surface area contributed by atoms with E-state index in [0.29, 0.717) is 22.9 Å². The highest BCUT2D eigenvalue weighted by atomic mass is 35.5. The van der Waals surface area contributed by atoms with E-state index < -0.39 is 0 Å². The first kappa shape index (κ1) is 14.9. The van der Waals surface area contributed by atoms with Crippen LogP contribution in [0.2, 0.25) is 5.02 Å². The second kappa shape index (κ2) is 5.65. The van der Waals surface area contributed by atoms with Gasteiger partial charge < -0.3 is 9.64 Å². The summed E-state index contributed by atoms with van der Waals surface area (Å²) in [6.45, 7) is 4.65. The van der Waals surface area contributed by atoms with Gasteiger partial charge in [-0.1, -0.05) is 29.8 Å². The van der Waals surface area contributed by atoms with E-state index >= 15 is 0 Å². The summed E-state index contributed by atoms with van der Waals surface area (Å²) in [7, 11) is 1.60. The van der Waals surface area contributed by atoms with Crippen LogP contribution in [0, 0.1) is 6.92 Å². The van der Waals surface area contributed by atoms with Crippen LogP contribution in [0.4, 0.5) is 0 Å². The van der Waals surface area contributed by atoms with Crippen LogP contribution >= 0.6 is 11.6 Å². The van der Waals surface area contributed by atoms with Gasteiger partial charge in [-0.3, -0.25) is 4.79 Å². The minimum Gasteiger partial charge on any atom is -0.496 e. The Labute approximate surface area is 135 Å². The number of aryl methyl sites for hydroxylation is 1. The maximum Gasteiger partial charge on any atom is 0.258 e. The third-order valence-corrected chi connectivity index (χ3v) is 4.44. The van der Waals surface area contributed by atoms with Gasteiger partial charge in [0.1, 0.15) is 5.75 Å². The van der Waals surface area contributed by atoms with E-state index in [1.807, 2.05) is 49.1 Å². The average Bonchev–Trinajstić information content (AvgIpc) is 2.83. The molecule has 3 rings (SSSR count). The van der Waals surface area contributed by atoms with Gasteiger partial charge in [0.05, 0.1) is 18.7 Å². The van der Waals surface area contributed by atoms with Gasteiger partial charge in [0, 0.05) is 11.6 Å². The van der Waals surface area contributed by atoms with Crippen molar-refractivity contribution in [1.29, 1.82) is 0 Å². The average molecular weight is 316 g/mol. The Morgan fingerprint density at radius 3 is 2.55 bits per heavy atom. The number of carbonyl (C=O) groups is 1. The Morgan fingerprint density at radius 1 is 1.23 bits per heavy atom. The van der Waals surface area contributed by atoms with E-state index in [9.17, 15) is 4.79 Å². The van der Waals surface area contributed by atoms with Crippen LogP contribution in [-0.2, 0) is 6.54 Å². The summed E-state index contributed by atoms with van der Waals surface area (Å²) in [5.74, 6) is 0.681. The van der Waals surface area contributed by atoms with Crippen LogP contribution in [0.1, 0.15) is 40.0 Å². The molecule has 0 aromatic heterocycles. The number of ether oxygens (including phenoxy) is 1. The van der Waals surface area contributed by atoms with Crippen molar-refractivity contribution in [2.45, 2.75) is 26.4 Å². The van der Waals surface area contributed by atoms with Crippen LogP contribution < -0.4 is 4.74 Å². The Morgan fingerprint density at radius 2 is 1.91 bits per heavy atom. The van der Waals surface area contributed by atoms with Crippen molar-refractivity contribution in [2.24, 2.45) is 0 Å². The van der Waals surface area contributed by atoms with Gasteiger partial charge in [-0.05, 0) is 48.7 Å². The lowest BCUT2D eigenvalue weighted by Crippen LogP contribution is -2.27. The van der Waals surface area contributed by atoms with Crippen LogP contribution in [0.5, 0.6) is 5.75 Å². The summed E-state index contributed by atoms with van der Waals surface area (Å²) in [5.41, 5.74) is 3.89. The largest absolute Gasteiger partial charge is 0.496 e. The molecule has 0 spiro atoms. The Hall–Kier alpha value is -2.00. The fraction of sp³-hybridized carbons (Fsp3) is 0.278. The highest BCUT2D eigenvalue weighted by Crippen LogP contribution is 2.36. The quantitative estimate of drug-likeness (QED) is 0.841. The third kappa shape index (κ3) is 2.46. The van der Waals surface area contributed by atoms with Crippen LogP contribution in [-0.4, -0.2) is 17.9 Å². The van der Waals surface area contributed by atoms with Gasteiger partial charge in [-0.25, -0.2) is 0 Å². The molecule has 0 radical (unpaired) electrons. The number of rotatable bonds is 3. The van der Waals surface area contributed by atoms with E-state index in [-0.39, 0.29) is 11.9 Å². The van der Waals surface area contributed by atoms with Gasteiger partial charge in [0.25, 0.3) is 5.91 Å². The zero-order valence-corrected chi connectivity index (χ0v) is 13.6. The summed E-state index contributed by atoms with van der Waals surface area (Å²) in [6.07, 6.45) is 0. The molecule has 1 atom stereocenters. The molecule has 0 fully saturated rings. The molecule has 0 aliphatic carbocycles. The molecular weight excluding hydrogens is 298 g/mol. The van der Waals surface area contributed by atoms with Gasteiger partial charge >= 0.3 is 0 Å². The molecule has 114 valence electrons. The zero-order chi connectivity index (χ0) is 15.9. The van der Waals surface area contributed by atoms with Crippen molar-refractivity contribution < 1.29 is 9.53 Å². The molecule has 0 unspecified atom stereocenters. The highest BCUT2D eigenvalue weighted by Gasteiger charge is 2.34. The smallest absolute Gasteiger partial charge is 0.258 e. The molecular formula is C18H18ClNO2. The fourth-order valence-corrected chi connectivity index (χ4v) is 3.11. The van der Waals surface area contributed by atoms with Gasteiger partial charge in [-0.2, -0.15) is 0 Å². The van der Waals surface area contributed by atoms with Crippen molar-refractivity contribution in [3.63, 3.8) is 0 Å². The second-order valence-corrected chi connectivity index (χ2v) is 6.10. The van der Waals surface area contributed by atoms with Gasteiger partial charge in [0.2, 0.25) is 0 Å². The first-order chi connectivity index (χ1) is 10.5. The monoisotopic (exact) mass is 315 g/mol. The minimum atomic E-state index is -0.0119. The van der Waals surface area contributed by atoms with Crippen molar-refractivity contribution in [2.75, 3.05) is 7.11 Å². The number of fused-ring (bicyclic) bond motifs is 1. The number of carbonyl (C=O) groups excluding carboxylic acids is 1. The number of hydrogen-bond donors (Lipinski definition) is 0. The van der Waals surface area contributed by atoms with Gasteiger partial charge in [0.15, 0.2) is 0 Å². The van der Waals surface area contributed by atoms with Crippen molar-refractivity contribution >= 4 is 17.5 Å². The molecule has 1 aliphatic rings. The summed E-state index contributed by atoms with van der Waals surface area (Å²) >= 11 is 5.94. The maximum absolute atomic E-state index is 12.8. The SMILES string of the molecule is COc1cc(C)cc2c1C(=O)N([C@@H](C)c1ccc(Cl)cc1)C2. The van der Waals surface area contributed by atoms with E-state index in [2.05, 4.69) is 6.07 Å². The molecule has 4 heteroatoms. The lowest BCUT2D eigenvalue weighted by molar-refractivity contribution is 0.0713. The number of benzene rings is 2. The highest BCUT2D eigenvalue weighted by molar-refractivity contribution is 6.30. The predicted octanol–water partition coefficient (Wildman–Crippen LogP) is 4.37. The van der Waals surface area contributed by atoms with Crippen molar-refractivity contribution in [1.82, 2.24) is 4.90 Å². The molecule has 0 saturated heterocycles. The molecule has 1 amide bonds. The molecule has 0 saturated carbocycles. The molecule has 1 aliphatic heterocycles. The normalized spacial score (nSPS) is 14.9. The van der Waals surface area contributed by atoms with E-state index in [4.69, 9.17) is 16.3 Å². The molecule has 0 bridgehead atoms. The summed E-state index contributed by atoms with van der Waals surface area (Å²) in [4.78, 5) is 14.7. The standard InChI is InChI=1S/C18H18ClNO2/c1-11-8-14-10-20(18(21)17(14)16(9-11)22-3)12(2)13-4-6-15(19)7-5-13/h4-9,12H,10H2,1-3H3/t12-/m0/s1. The van der Waals surface area contributed by atoms with Gasteiger partial charge in [-0.15, -0.1) is 0 Å². The number of halogens is 1. The zero-order valence-electron chi connectivity index (χ0n) is 12.9. The summed E-state index contributed by atoms with van der Waals surface area (Å²) < 4.78 is 5.39. The lowest BCUT2D eigenvalue weighted by atomic mass is 10.1. The Kier molecular flexibility index (Phi) is 3.83. The molecule has 2 aromatic rings. The first-order valence-electron chi connectivity index (χ1n) is 7.25. The van der Waals surface area contributed by atoms with Crippen molar-refractivity contribution in [3.05, 3.63) is 63.7 Å². The topological polar surface area (TPSA) is 29.5 Å². The van der Waals surface area contributed by atoms with Crippen LogP contribution in [0.25, 0.3) is 0 Å². The second-order valence-electron chi connectivity index (χ2n) is 5.66. The molecule has 2 aromatic carbocycles. The molecule has 22 heavy (non-hydrogen) atoms. The van der Waals surface area contributed by atoms with E-state index in [1.165, 1.54) is 0 Å². The lowest BCUT2D eigenvalue weighted by Gasteiger charge is -2.24. The summed E-state index contributed by atoms with van der Waals surface area (Å²) in [5, 5.41) is 0.698. The Bertz CT molecular complexity index is 725. The number of amides is 1. The van der Waals surface area contributed by atoms with Crippen LogP contribution in [0.15, 0.2) is 36.4 Å². The maximum atomic E-state index is 12.8. The van der Waals surface area contributed by atoms with Crippen molar-refractivity contribution in [3.8, 4) is 5.75 Å².